The largest absolute Gasteiger partial charge is 0.478 e. The maximum Gasteiger partial charge on any atom is 0.339 e. The van der Waals surface area contributed by atoms with Crippen LogP contribution < -0.4 is 10.6 Å². The molecule has 0 radical (unpaired) electrons. The number of rotatable bonds is 6. The van der Waals surface area contributed by atoms with Crippen LogP contribution >= 0.6 is 0 Å². The van der Waals surface area contributed by atoms with Crippen LogP contribution in [0, 0.1) is 0 Å². The van der Waals surface area contributed by atoms with Crippen LogP contribution in [0.2, 0.25) is 0 Å². The molecule has 1 aromatic carbocycles. The molecule has 0 aliphatic carbocycles. The van der Waals surface area contributed by atoms with Gasteiger partial charge in [-0.05, 0) is 31.2 Å². The fourth-order valence-electron chi connectivity index (χ4n) is 2.58. The summed E-state index contributed by atoms with van der Waals surface area (Å²) in [5.41, 5.74) is 0.844. The number of anilines is 2. The van der Waals surface area contributed by atoms with Gasteiger partial charge in [0.05, 0.1) is 6.20 Å². The van der Waals surface area contributed by atoms with E-state index in [1.54, 1.807) is 41.2 Å². The number of hydrogen-bond donors (Lipinski definition) is 3. The van der Waals surface area contributed by atoms with E-state index in [9.17, 15) is 19.5 Å². The second-order valence-electron chi connectivity index (χ2n) is 5.88. The second-order valence-corrected chi connectivity index (χ2v) is 5.88. The molecule has 10 nitrogen and oxygen atoms in total. The molecule has 2 aromatic heterocycles. The molecular weight excluding hydrogens is 364 g/mol. The van der Waals surface area contributed by atoms with E-state index >= 15 is 0 Å². The molecule has 0 aliphatic rings. The molecule has 0 aliphatic heterocycles. The van der Waals surface area contributed by atoms with E-state index in [1.165, 1.54) is 11.7 Å². The number of carbonyl (C=O) groups excluding carboxylic acids is 2. The highest BCUT2D eigenvalue weighted by Gasteiger charge is 2.21. The van der Waals surface area contributed by atoms with E-state index < -0.39 is 11.9 Å². The van der Waals surface area contributed by atoms with Crippen molar-refractivity contribution < 1.29 is 19.5 Å². The first-order chi connectivity index (χ1) is 13.4. The Labute approximate surface area is 159 Å². The van der Waals surface area contributed by atoms with Crippen LogP contribution in [-0.4, -0.2) is 42.5 Å². The number of hydrogen-bond acceptors (Lipinski definition) is 5. The Bertz CT molecular complexity index is 1050. The zero-order chi connectivity index (χ0) is 20.3. The molecule has 0 saturated carbocycles. The van der Waals surface area contributed by atoms with Crippen molar-refractivity contribution in [3.8, 4) is 0 Å². The Hall–Kier alpha value is -3.95. The summed E-state index contributed by atoms with van der Waals surface area (Å²) in [6.45, 7) is 2.57. The lowest BCUT2D eigenvalue weighted by Gasteiger charge is -2.09. The number of nitrogens with zero attached hydrogens (tertiary/aromatic N) is 4. The number of aromatic nitrogens is 4. The van der Waals surface area contributed by atoms with Gasteiger partial charge in [0.2, 0.25) is 0 Å². The van der Waals surface area contributed by atoms with Crippen molar-refractivity contribution in [2.75, 3.05) is 10.6 Å². The van der Waals surface area contributed by atoms with Gasteiger partial charge in [0, 0.05) is 31.2 Å². The molecule has 2 amide bonds. The van der Waals surface area contributed by atoms with E-state index in [0.29, 0.717) is 17.9 Å². The number of amides is 2. The van der Waals surface area contributed by atoms with Gasteiger partial charge in [0.25, 0.3) is 11.8 Å². The summed E-state index contributed by atoms with van der Waals surface area (Å²) < 4.78 is 2.83. The maximum absolute atomic E-state index is 12.5. The number of aromatic carboxylic acids is 1. The number of carboxylic acid groups (broad SMARTS) is 1. The Morgan fingerprint density at radius 3 is 2.39 bits per heavy atom. The molecule has 0 fully saturated rings. The minimum Gasteiger partial charge on any atom is -0.478 e. The topological polar surface area (TPSA) is 131 Å². The van der Waals surface area contributed by atoms with Gasteiger partial charge in [-0.2, -0.15) is 10.2 Å². The summed E-state index contributed by atoms with van der Waals surface area (Å²) in [7, 11) is 1.48. The van der Waals surface area contributed by atoms with Crippen LogP contribution in [0.4, 0.5) is 11.4 Å². The highest BCUT2D eigenvalue weighted by molar-refractivity contribution is 6.10. The third kappa shape index (κ3) is 3.90. The lowest BCUT2D eigenvalue weighted by Crippen LogP contribution is -2.19. The highest BCUT2D eigenvalue weighted by Crippen LogP contribution is 2.18. The van der Waals surface area contributed by atoms with Gasteiger partial charge in [-0.25, -0.2) is 4.79 Å². The van der Waals surface area contributed by atoms with Gasteiger partial charge in [-0.3, -0.25) is 19.0 Å². The van der Waals surface area contributed by atoms with Crippen LogP contribution in [0.25, 0.3) is 0 Å². The van der Waals surface area contributed by atoms with E-state index in [2.05, 4.69) is 20.8 Å². The molecule has 0 atom stereocenters. The van der Waals surface area contributed by atoms with Gasteiger partial charge in [0.1, 0.15) is 11.3 Å². The molecule has 3 rings (SSSR count). The number of carbonyl (C=O) groups is 3. The highest BCUT2D eigenvalue weighted by atomic mass is 16.4. The summed E-state index contributed by atoms with van der Waals surface area (Å²) in [5.74, 6) is -2.25. The van der Waals surface area contributed by atoms with Crippen molar-refractivity contribution in [3.63, 3.8) is 0 Å². The van der Waals surface area contributed by atoms with Crippen LogP contribution in [-0.2, 0) is 13.6 Å². The molecule has 0 unspecified atom stereocenters. The maximum atomic E-state index is 12.5. The molecule has 28 heavy (non-hydrogen) atoms. The van der Waals surface area contributed by atoms with Gasteiger partial charge < -0.3 is 15.7 Å². The van der Waals surface area contributed by atoms with Crippen molar-refractivity contribution in [1.29, 1.82) is 0 Å². The summed E-state index contributed by atoms with van der Waals surface area (Å²) in [5, 5.41) is 22.4. The molecule has 2 heterocycles. The van der Waals surface area contributed by atoms with E-state index in [4.69, 9.17) is 0 Å². The van der Waals surface area contributed by atoms with Crippen LogP contribution in [0.15, 0.2) is 42.7 Å². The normalized spacial score (nSPS) is 10.5. The van der Waals surface area contributed by atoms with E-state index in [0.717, 1.165) is 6.20 Å². The predicted molar refractivity (Wildman–Crippen MR) is 100 cm³/mol. The first-order valence-corrected chi connectivity index (χ1v) is 8.40. The SMILES string of the molecule is CCn1ccc(C(=O)Nc2cccc(NC(=O)c3c(C(=O)O)cnn3C)c2)n1. The predicted octanol–water partition coefficient (Wildman–Crippen LogP) is 1.84. The first-order valence-electron chi connectivity index (χ1n) is 8.40. The average molecular weight is 382 g/mol. The van der Waals surface area contributed by atoms with Gasteiger partial charge >= 0.3 is 5.97 Å². The molecule has 0 bridgehead atoms. The summed E-state index contributed by atoms with van der Waals surface area (Å²) in [6.07, 6.45) is 2.82. The number of aryl methyl sites for hydroxylation is 2. The van der Waals surface area contributed by atoms with Crippen molar-refractivity contribution in [2.24, 2.45) is 7.05 Å². The Morgan fingerprint density at radius 2 is 1.79 bits per heavy atom. The molecular formula is C18H18N6O4. The third-order valence-electron chi connectivity index (χ3n) is 3.96. The monoisotopic (exact) mass is 382 g/mol. The summed E-state index contributed by atoms with van der Waals surface area (Å²) >= 11 is 0. The Balaban J connectivity index is 1.75. The zero-order valence-electron chi connectivity index (χ0n) is 15.2. The van der Waals surface area contributed by atoms with E-state index in [1.807, 2.05) is 6.92 Å². The van der Waals surface area contributed by atoms with Crippen molar-refractivity contribution in [2.45, 2.75) is 13.5 Å². The fourth-order valence-corrected chi connectivity index (χ4v) is 2.58. The van der Waals surface area contributed by atoms with Crippen LogP contribution in [0.3, 0.4) is 0 Å². The number of nitrogens with one attached hydrogen (secondary N) is 2. The fraction of sp³-hybridized carbons (Fsp3) is 0.167. The standard InChI is InChI=1S/C18H18N6O4/c1-3-24-8-7-14(22-24)16(25)20-11-5-4-6-12(9-11)21-17(26)15-13(18(27)28)10-19-23(15)2/h4-10H,3H2,1-2H3,(H,20,25)(H,21,26)(H,27,28). The van der Waals surface area contributed by atoms with E-state index in [-0.39, 0.29) is 22.9 Å². The molecule has 144 valence electrons. The van der Waals surface area contributed by atoms with Crippen molar-refractivity contribution in [1.82, 2.24) is 19.6 Å². The Morgan fingerprint density at radius 1 is 1.11 bits per heavy atom. The lowest BCUT2D eigenvalue weighted by atomic mass is 10.2. The van der Waals surface area contributed by atoms with Gasteiger partial charge in [0.15, 0.2) is 5.69 Å². The summed E-state index contributed by atoms with van der Waals surface area (Å²) in [6, 6.07) is 8.11. The number of benzene rings is 1. The number of carboxylic acids is 1. The minimum absolute atomic E-state index is 0.0768. The minimum atomic E-state index is -1.24. The molecule has 3 aromatic rings. The van der Waals surface area contributed by atoms with Crippen molar-refractivity contribution in [3.05, 3.63) is 59.7 Å². The van der Waals surface area contributed by atoms with Crippen LogP contribution in [0.5, 0.6) is 0 Å². The van der Waals surface area contributed by atoms with Gasteiger partial charge in [-0.15, -0.1) is 0 Å². The second kappa shape index (κ2) is 7.74. The smallest absolute Gasteiger partial charge is 0.339 e. The van der Waals surface area contributed by atoms with Crippen LogP contribution in [0.1, 0.15) is 38.3 Å². The molecule has 3 N–H and O–H groups in total. The van der Waals surface area contributed by atoms with Crippen molar-refractivity contribution >= 4 is 29.2 Å². The average Bonchev–Trinajstić information content (AvgIpc) is 3.28. The molecule has 0 saturated heterocycles. The first kappa shape index (κ1) is 18.8. The molecule has 0 spiro atoms. The molecule has 10 heteroatoms. The lowest BCUT2D eigenvalue weighted by molar-refractivity contribution is 0.0692. The zero-order valence-corrected chi connectivity index (χ0v) is 15.2. The quantitative estimate of drug-likeness (QED) is 0.596. The summed E-state index contributed by atoms with van der Waals surface area (Å²) in [4.78, 5) is 36.0. The van der Waals surface area contributed by atoms with Gasteiger partial charge in [-0.1, -0.05) is 6.07 Å². The Kier molecular flexibility index (Phi) is 5.21. The third-order valence-corrected chi connectivity index (χ3v) is 3.96.